The number of rotatable bonds is 4. The minimum absolute atomic E-state index is 0.0456. The van der Waals surface area contributed by atoms with Crippen molar-refractivity contribution in [1.29, 1.82) is 0 Å². The van der Waals surface area contributed by atoms with Crippen molar-refractivity contribution in [2.75, 3.05) is 6.61 Å². The lowest BCUT2D eigenvalue weighted by atomic mass is 9.92. The van der Waals surface area contributed by atoms with Crippen molar-refractivity contribution in [2.45, 2.75) is 52.5 Å². The highest BCUT2D eigenvalue weighted by Gasteiger charge is 2.28. The SMILES string of the molecule is CCOC(=O)c1cc(C(C)(C)C)nn1CC1CC1. The normalized spacial score (nSPS) is 15.8. The number of carbonyl (C=O) groups is 1. The minimum Gasteiger partial charge on any atom is -0.461 e. The molecule has 100 valence electrons. The molecular weight excluding hydrogens is 228 g/mol. The van der Waals surface area contributed by atoms with Gasteiger partial charge in [-0.3, -0.25) is 4.68 Å². The van der Waals surface area contributed by atoms with Gasteiger partial charge in [-0.15, -0.1) is 0 Å². The third kappa shape index (κ3) is 2.92. The van der Waals surface area contributed by atoms with Crippen LogP contribution in [0, 0.1) is 5.92 Å². The second-order valence-corrected chi connectivity index (χ2v) is 6.01. The monoisotopic (exact) mass is 250 g/mol. The molecule has 1 fully saturated rings. The number of nitrogens with zero attached hydrogens (tertiary/aromatic N) is 2. The fourth-order valence-corrected chi connectivity index (χ4v) is 1.84. The van der Waals surface area contributed by atoms with Crippen molar-refractivity contribution in [2.24, 2.45) is 5.92 Å². The van der Waals surface area contributed by atoms with Crippen molar-refractivity contribution >= 4 is 5.97 Å². The molecule has 0 atom stereocenters. The highest BCUT2D eigenvalue weighted by Crippen LogP contribution is 2.31. The second kappa shape index (κ2) is 4.75. The van der Waals surface area contributed by atoms with Crippen LogP contribution in [-0.2, 0) is 16.7 Å². The van der Waals surface area contributed by atoms with Gasteiger partial charge in [0.1, 0.15) is 5.69 Å². The van der Waals surface area contributed by atoms with E-state index in [0.29, 0.717) is 18.2 Å². The molecule has 4 nitrogen and oxygen atoms in total. The first-order valence-corrected chi connectivity index (χ1v) is 6.67. The maximum absolute atomic E-state index is 11.9. The van der Waals surface area contributed by atoms with Crippen molar-refractivity contribution < 1.29 is 9.53 Å². The van der Waals surface area contributed by atoms with E-state index in [4.69, 9.17) is 4.74 Å². The summed E-state index contributed by atoms with van der Waals surface area (Å²) in [7, 11) is 0. The summed E-state index contributed by atoms with van der Waals surface area (Å²) in [5.74, 6) is 0.423. The number of aromatic nitrogens is 2. The molecule has 0 unspecified atom stereocenters. The lowest BCUT2D eigenvalue weighted by Crippen LogP contribution is -2.15. The zero-order chi connectivity index (χ0) is 13.3. The first-order chi connectivity index (χ1) is 8.41. The molecule has 1 aliphatic carbocycles. The van der Waals surface area contributed by atoms with Crippen LogP contribution in [0.4, 0.5) is 0 Å². The minimum atomic E-state index is -0.263. The van der Waals surface area contributed by atoms with Crippen LogP contribution < -0.4 is 0 Å². The highest BCUT2D eigenvalue weighted by molar-refractivity contribution is 5.87. The summed E-state index contributed by atoms with van der Waals surface area (Å²) in [6, 6.07) is 1.88. The molecule has 0 aliphatic heterocycles. The van der Waals surface area contributed by atoms with Gasteiger partial charge in [0.25, 0.3) is 0 Å². The van der Waals surface area contributed by atoms with Gasteiger partial charge < -0.3 is 4.74 Å². The predicted molar refractivity (Wildman–Crippen MR) is 69.6 cm³/mol. The molecular formula is C14H22N2O2. The van der Waals surface area contributed by atoms with Crippen LogP contribution in [0.5, 0.6) is 0 Å². The van der Waals surface area contributed by atoms with Crippen LogP contribution in [0.15, 0.2) is 6.07 Å². The molecule has 18 heavy (non-hydrogen) atoms. The Hall–Kier alpha value is -1.32. The molecule has 1 aromatic rings. The van der Waals surface area contributed by atoms with Crippen LogP contribution in [0.3, 0.4) is 0 Å². The van der Waals surface area contributed by atoms with E-state index >= 15 is 0 Å². The first kappa shape index (κ1) is 13.1. The van der Waals surface area contributed by atoms with Crippen molar-refractivity contribution in [3.8, 4) is 0 Å². The molecule has 0 N–H and O–H groups in total. The van der Waals surface area contributed by atoms with Gasteiger partial charge in [0.05, 0.1) is 12.3 Å². The Bertz CT molecular complexity index is 439. The number of ether oxygens (including phenoxy) is 1. The molecule has 1 aliphatic rings. The fourth-order valence-electron chi connectivity index (χ4n) is 1.84. The van der Waals surface area contributed by atoms with E-state index in [-0.39, 0.29) is 11.4 Å². The highest BCUT2D eigenvalue weighted by atomic mass is 16.5. The standard InChI is InChI=1S/C14H22N2O2/c1-5-18-13(17)11-8-12(14(2,3)4)15-16(11)9-10-6-7-10/h8,10H,5-7,9H2,1-4H3. The molecule has 2 rings (SSSR count). The average molecular weight is 250 g/mol. The summed E-state index contributed by atoms with van der Waals surface area (Å²) in [5, 5.41) is 4.58. The first-order valence-electron chi connectivity index (χ1n) is 6.67. The Balaban J connectivity index is 2.28. The molecule has 1 saturated carbocycles. The smallest absolute Gasteiger partial charge is 0.356 e. The van der Waals surface area contributed by atoms with E-state index in [0.717, 1.165) is 12.2 Å². The molecule has 0 radical (unpaired) electrons. The van der Waals surface area contributed by atoms with Gasteiger partial charge in [0, 0.05) is 12.0 Å². The Morgan fingerprint density at radius 2 is 2.17 bits per heavy atom. The van der Waals surface area contributed by atoms with E-state index in [9.17, 15) is 4.79 Å². The van der Waals surface area contributed by atoms with Crippen LogP contribution in [0.1, 0.15) is 56.7 Å². The summed E-state index contributed by atoms with van der Waals surface area (Å²) in [5.41, 5.74) is 1.50. The molecule has 0 amide bonds. The van der Waals surface area contributed by atoms with E-state index in [1.807, 2.05) is 17.7 Å². The van der Waals surface area contributed by atoms with Crippen LogP contribution in [-0.4, -0.2) is 22.4 Å². The number of hydrogen-bond donors (Lipinski definition) is 0. The third-order valence-electron chi connectivity index (χ3n) is 3.16. The Morgan fingerprint density at radius 1 is 1.50 bits per heavy atom. The van der Waals surface area contributed by atoms with Crippen LogP contribution in [0.2, 0.25) is 0 Å². The summed E-state index contributed by atoms with van der Waals surface area (Å²) in [4.78, 5) is 11.9. The predicted octanol–water partition coefficient (Wildman–Crippen LogP) is 2.77. The van der Waals surface area contributed by atoms with Crippen LogP contribution in [0.25, 0.3) is 0 Å². The number of hydrogen-bond acceptors (Lipinski definition) is 3. The summed E-state index contributed by atoms with van der Waals surface area (Å²) < 4.78 is 6.93. The molecule has 0 aromatic carbocycles. The lowest BCUT2D eigenvalue weighted by Gasteiger charge is -2.14. The van der Waals surface area contributed by atoms with E-state index < -0.39 is 0 Å². The van der Waals surface area contributed by atoms with Crippen molar-refractivity contribution in [1.82, 2.24) is 9.78 Å². The van der Waals surface area contributed by atoms with Gasteiger partial charge in [-0.2, -0.15) is 5.10 Å². The summed E-state index contributed by atoms with van der Waals surface area (Å²) >= 11 is 0. The maximum atomic E-state index is 11.9. The largest absolute Gasteiger partial charge is 0.461 e. The molecule has 0 spiro atoms. The van der Waals surface area contributed by atoms with E-state index in [1.54, 1.807) is 0 Å². The van der Waals surface area contributed by atoms with Crippen LogP contribution >= 0.6 is 0 Å². The molecule has 4 heteroatoms. The van der Waals surface area contributed by atoms with Gasteiger partial charge in [0.15, 0.2) is 0 Å². The van der Waals surface area contributed by atoms with Gasteiger partial charge >= 0.3 is 5.97 Å². The van der Waals surface area contributed by atoms with Gasteiger partial charge in [-0.05, 0) is 31.7 Å². The van der Waals surface area contributed by atoms with Crippen molar-refractivity contribution in [3.63, 3.8) is 0 Å². The summed E-state index contributed by atoms with van der Waals surface area (Å²) in [6.07, 6.45) is 2.49. The number of carbonyl (C=O) groups excluding carboxylic acids is 1. The zero-order valence-corrected chi connectivity index (χ0v) is 11.7. The van der Waals surface area contributed by atoms with Gasteiger partial charge in [0.2, 0.25) is 0 Å². The maximum Gasteiger partial charge on any atom is 0.356 e. The quantitative estimate of drug-likeness (QED) is 0.772. The molecule has 1 aromatic heterocycles. The summed E-state index contributed by atoms with van der Waals surface area (Å²) in [6.45, 7) is 9.37. The molecule has 1 heterocycles. The Kier molecular flexibility index (Phi) is 3.46. The zero-order valence-electron chi connectivity index (χ0n) is 11.7. The van der Waals surface area contributed by atoms with E-state index in [2.05, 4.69) is 25.9 Å². The van der Waals surface area contributed by atoms with Gasteiger partial charge in [-0.25, -0.2) is 4.79 Å². The Labute approximate surface area is 108 Å². The Morgan fingerprint density at radius 3 is 2.67 bits per heavy atom. The number of esters is 1. The average Bonchev–Trinajstić information content (AvgIpc) is 2.94. The molecule has 0 saturated heterocycles. The third-order valence-corrected chi connectivity index (χ3v) is 3.16. The lowest BCUT2D eigenvalue weighted by molar-refractivity contribution is 0.0511. The molecule has 0 bridgehead atoms. The van der Waals surface area contributed by atoms with Crippen molar-refractivity contribution in [3.05, 3.63) is 17.5 Å². The van der Waals surface area contributed by atoms with Gasteiger partial charge in [-0.1, -0.05) is 20.8 Å². The second-order valence-electron chi connectivity index (χ2n) is 6.01. The fraction of sp³-hybridized carbons (Fsp3) is 0.714. The topological polar surface area (TPSA) is 44.1 Å². The van der Waals surface area contributed by atoms with E-state index in [1.165, 1.54) is 12.8 Å².